The van der Waals surface area contributed by atoms with Gasteiger partial charge in [-0.05, 0) is 12.8 Å². The van der Waals surface area contributed by atoms with Gasteiger partial charge in [-0.1, -0.05) is 12.2 Å². The molecule has 1 aliphatic heterocycles. The molecule has 0 saturated carbocycles. The maximum absolute atomic E-state index is 5.74. The molecule has 0 bridgehead atoms. The molecule has 1 saturated heterocycles. The highest BCUT2D eigenvalue weighted by atomic mass is 16.6. The topological polar surface area (TPSA) is 27.7 Å². The van der Waals surface area contributed by atoms with Crippen LogP contribution < -0.4 is 0 Å². The normalized spacial score (nSPS) is 25.3. The molecular weight excluding hydrogens is 192 g/mol. The molecule has 15 heavy (non-hydrogen) atoms. The van der Waals surface area contributed by atoms with Crippen LogP contribution in [0.25, 0.3) is 0 Å². The Morgan fingerprint density at radius 2 is 1.47 bits per heavy atom. The third-order valence-corrected chi connectivity index (χ3v) is 2.27. The number of rotatable bonds is 8. The highest BCUT2D eigenvalue weighted by Gasteiger charge is 2.25. The van der Waals surface area contributed by atoms with Crippen molar-refractivity contribution < 1.29 is 14.2 Å². The first-order chi connectivity index (χ1) is 7.36. The lowest BCUT2D eigenvalue weighted by Crippen LogP contribution is -2.20. The Morgan fingerprint density at radius 3 is 1.87 bits per heavy atom. The van der Waals surface area contributed by atoms with E-state index in [0.29, 0.717) is 26.4 Å². The van der Waals surface area contributed by atoms with Gasteiger partial charge in [-0.15, -0.1) is 13.2 Å². The van der Waals surface area contributed by atoms with Crippen LogP contribution >= 0.6 is 0 Å². The molecule has 0 N–H and O–H groups in total. The minimum absolute atomic E-state index is 0.224. The van der Waals surface area contributed by atoms with Gasteiger partial charge in [-0.3, -0.25) is 0 Å². The van der Waals surface area contributed by atoms with Crippen molar-refractivity contribution in [1.82, 2.24) is 0 Å². The minimum atomic E-state index is 0.224. The fourth-order valence-electron chi connectivity index (χ4n) is 1.59. The molecular formula is C12H20O3. The second-order valence-corrected chi connectivity index (χ2v) is 3.61. The lowest BCUT2D eigenvalue weighted by atomic mass is 10.2. The zero-order valence-corrected chi connectivity index (χ0v) is 9.19. The van der Waals surface area contributed by atoms with Crippen LogP contribution in [0.1, 0.15) is 12.8 Å². The van der Waals surface area contributed by atoms with Crippen LogP contribution in [0.15, 0.2) is 25.3 Å². The van der Waals surface area contributed by atoms with E-state index < -0.39 is 0 Å². The van der Waals surface area contributed by atoms with E-state index in [-0.39, 0.29) is 12.2 Å². The van der Waals surface area contributed by atoms with Crippen LogP contribution in [-0.2, 0) is 14.2 Å². The summed E-state index contributed by atoms with van der Waals surface area (Å²) in [6.07, 6.45) is 6.06. The van der Waals surface area contributed by atoms with E-state index in [9.17, 15) is 0 Å². The summed E-state index contributed by atoms with van der Waals surface area (Å²) in [6, 6.07) is 0. The molecule has 1 aliphatic rings. The first-order valence-corrected chi connectivity index (χ1v) is 5.39. The Morgan fingerprint density at radius 1 is 1.00 bits per heavy atom. The van der Waals surface area contributed by atoms with Crippen molar-refractivity contribution in [2.75, 3.05) is 26.4 Å². The van der Waals surface area contributed by atoms with E-state index in [0.717, 1.165) is 12.8 Å². The predicted octanol–water partition coefficient (Wildman–Crippen LogP) is 1.94. The summed E-state index contributed by atoms with van der Waals surface area (Å²) in [5.74, 6) is 0. The molecule has 3 heteroatoms. The van der Waals surface area contributed by atoms with E-state index >= 15 is 0 Å². The summed E-state index contributed by atoms with van der Waals surface area (Å²) >= 11 is 0. The third kappa shape index (κ3) is 5.11. The van der Waals surface area contributed by atoms with Crippen molar-refractivity contribution in [2.24, 2.45) is 0 Å². The Bertz CT molecular complexity index is 171. The van der Waals surface area contributed by atoms with E-state index in [2.05, 4.69) is 13.2 Å². The zero-order valence-electron chi connectivity index (χ0n) is 9.19. The van der Waals surface area contributed by atoms with Crippen LogP contribution in [-0.4, -0.2) is 38.6 Å². The first-order valence-electron chi connectivity index (χ1n) is 5.39. The number of hydrogen-bond acceptors (Lipinski definition) is 3. The molecule has 1 fully saturated rings. The second-order valence-electron chi connectivity index (χ2n) is 3.61. The Hall–Kier alpha value is -0.640. The van der Waals surface area contributed by atoms with Gasteiger partial charge in [0.1, 0.15) is 0 Å². The highest BCUT2D eigenvalue weighted by Crippen LogP contribution is 2.20. The zero-order chi connectivity index (χ0) is 10.9. The predicted molar refractivity (Wildman–Crippen MR) is 59.9 cm³/mol. The fraction of sp³-hybridized carbons (Fsp3) is 0.667. The first kappa shape index (κ1) is 12.4. The Balaban J connectivity index is 2.04. The Kier molecular flexibility index (Phi) is 6.32. The fourth-order valence-corrected chi connectivity index (χ4v) is 1.59. The number of hydrogen-bond donors (Lipinski definition) is 0. The standard InChI is InChI=1S/C12H20O3/c1-3-7-13-9-11-5-6-12(15-11)10-14-8-4-2/h3-4,11-12H,1-2,5-10H2. The summed E-state index contributed by atoms with van der Waals surface area (Å²) in [4.78, 5) is 0. The molecule has 1 heterocycles. The summed E-state index contributed by atoms with van der Waals surface area (Å²) in [6.45, 7) is 9.69. The molecule has 0 aromatic heterocycles. The van der Waals surface area contributed by atoms with Crippen molar-refractivity contribution in [2.45, 2.75) is 25.0 Å². The molecule has 86 valence electrons. The maximum atomic E-state index is 5.74. The van der Waals surface area contributed by atoms with Gasteiger partial charge in [0, 0.05) is 0 Å². The van der Waals surface area contributed by atoms with Crippen molar-refractivity contribution in [3.05, 3.63) is 25.3 Å². The van der Waals surface area contributed by atoms with E-state index in [1.165, 1.54) is 0 Å². The lowest BCUT2D eigenvalue weighted by Gasteiger charge is -2.13. The average molecular weight is 212 g/mol. The van der Waals surface area contributed by atoms with E-state index in [4.69, 9.17) is 14.2 Å². The van der Waals surface area contributed by atoms with Crippen molar-refractivity contribution in [1.29, 1.82) is 0 Å². The Labute approximate surface area is 91.7 Å². The molecule has 0 aromatic rings. The van der Waals surface area contributed by atoms with Gasteiger partial charge in [0.2, 0.25) is 0 Å². The van der Waals surface area contributed by atoms with Crippen molar-refractivity contribution >= 4 is 0 Å². The molecule has 2 atom stereocenters. The highest BCUT2D eigenvalue weighted by molar-refractivity contribution is 4.74. The monoisotopic (exact) mass is 212 g/mol. The molecule has 1 rings (SSSR count). The SMILES string of the molecule is C=CCOCC1CCC(COCC=C)O1. The van der Waals surface area contributed by atoms with Gasteiger partial charge in [0.15, 0.2) is 0 Å². The molecule has 0 radical (unpaired) electrons. The molecule has 0 aliphatic carbocycles. The minimum Gasteiger partial charge on any atom is -0.375 e. The van der Waals surface area contributed by atoms with Crippen LogP contribution in [0.5, 0.6) is 0 Å². The van der Waals surface area contributed by atoms with Gasteiger partial charge in [-0.25, -0.2) is 0 Å². The van der Waals surface area contributed by atoms with Gasteiger partial charge < -0.3 is 14.2 Å². The van der Waals surface area contributed by atoms with Gasteiger partial charge in [0.25, 0.3) is 0 Å². The summed E-state index contributed by atoms with van der Waals surface area (Å²) < 4.78 is 16.4. The largest absolute Gasteiger partial charge is 0.375 e. The van der Waals surface area contributed by atoms with Gasteiger partial charge >= 0.3 is 0 Å². The summed E-state index contributed by atoms with van der Waals surface area (Å²) in [5.41, 5.74) is 0. The van der Waals surface area contributed by atoms with Crippen LogP contribution in [0.3, 0.4) is 0 Å². The third-order valence-electron chi connectivity index (χ3n) is 2.27. The molecule has 2 unspecified atom stereocenters. The maximum Gasteiger partial charge on any atom is 0.0814 e. The van der Waals surface area contributed by atoms with Crippen LogP contribution in [0.4, 0.5) is 0 Å². The van der Waals surface area contributed by atoms with Crippen LogP contribution in [0.2, 0.25) is 0 Å². The van der Waals surface area contributed by atoms with Crippen molar-refractivity contribution in [3.63, 3.8) is 0 Å². The number of ether oxygens (including phenoxy) is 3. The van der Waals surface area contributed by atoms with Gasteiger partial charge in [-0.2, -0.15) is 0 Å². The quantitative estimate of drug-likeness (QED) is 0.454. The molecule has 0 aromatic carbocycles. The summed E-state index contributed by atoms with van der Waals surface area (Å²) in [7, 11) is 0. The van der Waals surface area contributed by atoms with E-state index in [1.54, 1.807) is 12.2 Å². The molecule has 3 nitrogen and oxygen atoms in total. The van der Waals surface area contributed by atoms with Crippen molar-refractivity contribution in [3.8, 4) is 0 Å². The second kappa shape index (κ2) is 7.63. The summed E-state index contributed by atoms with van der Waals surface area (Å²) in [5, 5.41) is 0. The molecule has 0 spiro atoms. The average Bonchev–Trinajstić information content (AvgIpc) is 2.67. The van der Waals surface area contributed by atoms with Gasteiger partial charge in [0.05, 0.1) is 38.6 Å². The lowest BCUT2D eigenvalue weighted by molar-refractivity contribution is -0.0383. The molecule has 0 amide bonds. The smallest absolute Gasteiger partial charge is 0.0814 e. The van der Waals surface area contributed by atoms with Crippen LogP contribution in [0, 0.1) is 0 Å². The van der Waals surface area contributed by atoms with E-state index in [1.807, 2.05) is 0 Å².